The molecule has 18 heavy (non-hydrogen) atoms. The van der Waals surface area contributed by atoms with Crippen molar-refractivity contribution in [2.45, 2.75) is 12.5 Å². The molecule has 0 bridgehead atoms. The quantitative estimate of drug-likeness (QED) is 0.870. The van der Waals surface area contributed by atoms with Gasteiger partial charge in [-0.2, -0.15) is 0 Å². The van der Waals surface area contributed by atoms with Gasteiger partial charge in [0.1, 0.15) is 5.82 Å². The van der Waals surface area contributed by atoms with Gasteiger partial charge >= 0.3 is 0 Å². The van der Waals surface area contributed by atoms with Crippen LogP contribution >= 0.6 is 0 Å². The number of rotatable bonds is 2. The Bertz CT molecular complexity index is 579. The molecule has 1 nitrogen and oxygen atoms in total. The maximum absolute atomic E-state index is 13.7. The zero-order valence-corrected chi connectivity index (χ0v) is 9.75. The second-order valence-electron chi connectivity index (χ2n) is 4.28. The van der Waals surface area contributed by atoms with Gasteiger partial charge in [-0.05, 0) is 19.1 Å². The summed E-state index contributed by atoms with van der Waals surface area (Å²) in [4.78, 5) is 0. The van der Waals surface area contributed by atoms with Gasteiger partial charge in [-0.25, -0.2) is 13.2 Å². The van der Waals surface area contributed by atoms with E-state index in [0.29, 0.717) is 0 Å². The first-order chi connectivity index (χ1) is 8.44. The molecule has 1 unspecified atom stereocenters. The summed E-state index contributed by atoms with van der Waals surface area (Å²) in [5.74, 6) is -2.60. The zero-order valence-electron chi connectivity index (χ0n) is 9.75. The van der Waals surface area contributed by atoms with Crippen molar-refractivity contribution in [2.75, 3.05) is 0 Å². The largest absolute Gasteiger partial charge is 0.318 e. The smallest absolute Gasteiger partial charge is 0.164 e. The van der Waals surface area contributed by atoms with Gasteiger partial charge in [0.2, 0.25) is 0 Å². The number of benzene rings is 2. The summed E-state index contributed by atoms with van der Waals surface area (Å²) in [5.41, 5.74) is 4.59. The topological polar surface area (TPSA) is 26.0 Å². The van der Waals surface area contributed by atoms with Crippen molar-refractivity contribution in [3.05, 3.63) is 71.0 Å². The van der Waals surface area contributed by atoms with Crippen LogP contribution in [0, 0.1) is 17.5 Å². The summed E-state index contributed by atoms with van der Waals surface area (Å²) in [5, 5.41) is 0. The Kier molecular flexibility index (Phi) is 3.13. The summed E-state index contributed by atoms with van der Waals surface area (Å²) in [6.45, 7) is 1.45. The Hall–Kier alpha value is -1.81. The average Bonchev–Trinajstić information content (AvgIpc) is 2.32. The maximum atomic E-state index is 13.7. The molecule has 94 valence electrons. The van der Waals surface area contributed by atoms with E-state index in [4.69, 9.17) is 5.73 Å². The van der Waals surface area contributed by atoms with Crippen molar-refractivity contribution in [3.8, 4) is 0 Å². The molecule has 0 aliphatic carbocycles. The monoisotopic (exact) mass is 251 g/mol. The number of halogens is 3. The van der Waals surface area contributed by atoms with Crippen LogP contribution in [0.4, 0.5) is 13.2 Å². The van der Waals surface area contributed by atoms with Gasteiger partial charge in [0.25, 0.3) is 0 Å². The van der Waals surface area contributed by atoms with Gasteiger partial charge in [-0.15, -0.1) is 0 Å². The first kappa shape index (κ1) is 12.6. The van der Waals surface area contributed by atoms with E-state index in [1.807, 2.05) is 0 Å². The fourth-order valence-corrected chi connectivity index (χ4v) is 1.93. The van der Waals surface area contributed by atoms with Crippen LogP contribution in [0.15, 0.2) is 42.5 Å². The number of hydrogen-bond acceptors (Lipinski definition) is 1. The van der Waals surface area contributed by atoms with Crippen molar-refractivity contribution >= 4 is 0 Å². The standard InChI is InChI=1S/C14H12F3N/c1-14(18,9-5-2-3-7-11(9)15)10-6-4-8-12(16)13(10)17/h2-8H,18H2,1H3. The van der Waals surface area contributed by atoms with E-state index < -0.39 is 23.0 Å². The lowest BCUT2D eigenvalue weighted by Crippen LogP contribution is -2.36. The molecule has 2 rings (SSSR count). The molecule has 2 aromatic carbocycles. The van der Waals surface area contributed by atoms with Crippen LogP contribution in [0.3, 0.4) is 0 Å². The molecule has 0 spiro atoms. The van der Waals surface area contributed by atoms with E-state index in [-0.39, 0.29) is 11.1 Å². The number of nitrogens with two attached hydrogens (primary N) is 1. The predicted molar refractivity (Wildman–Crippen MR) is 63.4 cm³/mol. The first-order valence-corrected chi connectivity index (χ1v) is 5.43. The molecule has 0 aromatic heterocycles. The molecule has 0 saturated heterocycles. The van der Waals surface area contributed by atoms with Crippen LogP contribution in [0.2, 0.25) is 0 Å². The fourth-order valence-electron chi connectivity index (χ4n) is 1.93. The maximum Gasteiger partial charge on any atom is 0.164 e. The Morgan fingerprint density at radius 3 is 2.06 bits per heavy atom. The van der Waals surface area contributed by atoms with E-state index in [2.05, 4.69) is 0 Å². The molecule has 0 fully saturated rings. The summed E-state index contributed by atoms with van der Waals surface area (Å²) >= 11 is 0. The van der Waals surface area contributed by atoms with E-state index in [1.54, 1.807) is 6.07 Å². The van der Waals surface area contributed by atoms with Gasteiger partial charge in [-0.1, -0.05) is 30.3 Å². The highest BCUT2D eigenvalue weighted by molar-refractivity contribution is 5.38. The Morgan fingerprint density at radius 1 is 0.833 bits per heavy atom. The molecule has 0 heterocycles. The minimum atomic E-state index is -1.43. The summed E-state index contributed by atoms with van der Waals surface area (Å²) < 4.78 is 40.6. The van der Waals surface area contributed by atoms with Crippen LogP contribution in [0.5, 0.6) is 0 Å². The van der Waals surface area contributed by atoms with Crippen LogP contribution in [0.1, 0.15) is 18.1 Å². The first-order valence-electron chi connectivity index (χ1n) is 5.43. The second kappa shape index (κ2) is 4.46. The molecule has 0 amide bonds. The fraction of sp³-hybridized carbons (Fsp3) is 0.143. The summed E-state index contributed by atoms with van der Waals surface area (Å²) in [6.07, 6.45) is 0. The van der Waals surface area contributed by atoms with Crippen LogP contribution in [-0.2, 0) is 5.54 Å². The van der Waals surface area contributed by atoms with Gasteiger partial charge < -0.3 is 5.73 Å². The highest BCUT2D eigenvalue weighted by Gasteiger charge is 2.30. The minimum absolute atomic E-state index is 0.0763. The third-order valence-electron chi connectivity index (χ3n) is 2.94. The molecule has 2 N–H and O–H groups in total. The summed E-state index contributed by atoms with van der Waals surface area (Å²) in [7, 11) is 0. The number of hydrogen-bond donors (Lipinski definition) is 1. The lowest BCUT2D eigenvalue weighted by molar-refractivity contribution is 0.458. The highest BCUT2D eigenvalue weighted by atomic mass is 19.2. The van der Waals surface area contributed by atoms with Crippen LogP contribution in [-0.4, -0.2) is 0 Å². The Balaban J connectivity index is 2.62. The zero-order chi connectivity index (χ0) is 13.3. The highest BCUT2D eigenvalue weighted by Crippen LogP contribution is 2.30. The molecular formula is C14H12F3N. The van der Waals surface area contributed by atoms with Crippen molar-refractivity contribution in [1.29, 1.82) is 0 Å². The molecule has 2 aromatic rings. The van der Waals surface area contributed by atoms with E-state index >= 15 is 0 Å². The molecule has 0 saturated carbocycles. The molecular weight excluding hydrogens is 239 g/mol. The second-order valence-corrected chi connectivity index (χ2v) is 4.28. The van der Waals surface area contributed by atoms with Crippen molar-refractivity contribution in [1.82, 2.24) is 0 Å². The lowest BCUT2D eigenvalue weighted by Gasteiger charge is -2.26. The van der Waals surface area contributed by atoms with Gasteiger partial charge in [-0.3, -0.25) is 0 Å². The minimum Gasteiger partial charge on any atom is -0.318 e. The molecule has 1 atom stereocenters. The van der Waals surface area contributed by atoms with Gasteiger partial charge in [0.15, 0.2) is 11.6 Å². The molecule has 0 aliphatic heterocycles. The molecule has 4 heteroatoms. The van der Waals surface area contributed by atoms with Crippen LogP contribution < -0.4 is 5.73 Å². The third kappa shape index (κ3) is 1.99. The van der Waals surface area contributed by atoms with E-state index in [0.717, 1.165) is 6.07 Å². The predicted octanol–water partition coefficient (Wildman–Crippen LogP) is 3.33. The molecule has 0 aliphatic rings. The van der Waals surface area contributed by atoms with Crippen molar-refractivity contribution in [2.24, 2.45) is 5.73 Å². The van der Waals surface area contributed by atoms with Crippen LogP contribution in [0.25, 0.3) is 0 Å². The average molecular weight is 251 g/mol. The normalized spacial score (nSPS) is 14.3. The SMILES string of the molecule is CC(N)(c1ccccc1F)c1cccc(F)c1F. The van der Waals surface area contributed by atoms with E-state index in [1.165, 1.54) is 37.3 Å². The summed E-state index contributed by atoms with van der Waals surface area (Å²) in [6, 6.07) is 9.50. The third-order valence-corrected chi connectivity index (χ3v) is 2.94. The van der Waals surface area contributed by atoms with Crippen molar-refractivity contribution < 1.29 is 13.2 Å². The van der Waals surface area contributed by atoms with E-state index in [9.17, 15) is 13.2 Å². The lowest BCUT2D eigenvalue weighted by atomic mass is 9.85. The van der Waals surface area contributed by atoms with Crippen molar-refractivity contribution in [3.63, 3.8) is 0 Å². The Morgan fingerprint density at radius 2 is 1.39 bits per heavy atom. The van der Waals surface area contributed by atoms with Gasteiger partial charge in [0, 0.05) is 11.1 Å². The molecule has 0 radical (unpaired) electrons. The Labute approximate surface area is 103 Å². The van der Waals surface area contributed by atoms with Gasteiger partial charge in [0.05, 0.1) is 5.54 Å².